The number of aromatic nitrogens is 2. The molecule has 0 aliphatic carbocycles. The lowest BCUT2D eigenvalue weighted by atomic mass is 10.0. The van der Waals surface area contributed by atoms with Crippen LogP contribution in [-0.4, -0.2) is 58.5 Å². The smallest absolute Gasteiger partial charge is 0.356 e. The highest BCUT2D eigenvalue weighted by Gasteiger charge is 2.30. The maximum Gasteiger partial charge on any atom is 0.356 e. The number of methoxy groups -OCH3 is 1. The predicted molar refractivity (Wildman–Crippen MR) is 165 cm³/mol. The van der Waals surface area contributed by atoms with Crippen molar-refractivity contribution in [3.05, 3.63) is 77.6 Å². The number of ether oxygens (including phenoxy) is 2. The molecule has 0 spiro atoms. The molecule has 1 aliphatic rings. The SMILES string of the molecule is COC(=O)c1c(NC(=O)C2CCOC2)c2cc(NCC(C)Cc3ccc(O)c(O)c3)cnc2n1CCCc1ccccc1. The third-order valence-electron chi connectivity index (χ3n) is 7.79. The van der Waals surface area contributed by atoms with Gasteiger partial charge in [-0.15, -0.1) is 0 Å². The van der Waals surface area contributed by atoms with E-state index < -0.39 is 5.97 Å². The number of pyridine rings is 1. The van der Waals surface area contributed by atoms with Gasteiger partial charge in [0.2, 0.25) is 5.91 Å². The monoisotopic (exact) mass is 586 g/mol. The van der Waals surface area contributed by atoms with E-state index in [4.69, 9.17) is 14.5 Å². The number of aromatic hydroxyl groups is 2. The van der Waals surface area contributed by atoms with Gasteiger partial charge >= 0.3 is 5.97 Å². The molecule has 10 heteroatoms. The molecule has 0 bridgehead atoms. The first kappa shape index (κ1) is 29.9. The summed E-state index contributed by atoms with van der Waals surface area (Å²) in [5, 5.41) is 26.5. The van der Waals surface area contributed by atoms with E-state index in [0.29, 0.717) is 55.9 Å². The van der Waals surface area contributed by atoms with Crippen LogP contribution in [0.15, 0.2) is 60.8 Å². The molecular weight excluding hydrogens is 548 g/mol. The average Bonchev–Trinajstić information content (AvgIpc) is 3.65. The number of nitrogens with zero attached hydrogens (tertiary/aromatic N) is 2. The molecule has 1 saturated heterocycles. The number of phenolic OH excluding ortho intramolecular Hbond substituents is 2. The molecule has 10 nitrogen and oxygen atoms in total. The quantitative estimate of drug-likeness (QED) is 0.133. The molecule has 1 aliphatic heterocycles. The van der Waals surface area contributed by atoms with E-state index >= 15 is 0 Å². The fourth-order valence-electron chi connectivity index (χ4n) is 5.49. The first-order chi connectivity index (χ1) is 20.8. The van der Waals surface area contributed by atoms with Crippen LogP contribution in [0.1, 0.15) is 41.4 Å². The lowest BCUT2D eigenvalue weighted by Crippen LogP contribution is -2.24. The molecule has 3 heterocycles. The number of fused-ring (bicyclic) bond motifs is 1. The Morgan fingerprint density at radius 2 is 1.93 bits per heavy atom. The summed E-state index contributed by atoms with van der Waals surface area (Å²) >= 11 is 0. The van der Waals surface area contributed by atoms with E-state index in [9.17, 15) is 19.8 Å². The summed E-state index contributed by atoms with van der Waals surface area (Å²) in [6, 6.07) is 16.9. The Kier molecular flexibility index (Phi) is 9.46. The number of carbonyl (C=O) groups is 2. The number of benzene rings is 2. The third kappa shape index (κ3) is 7.09. The fraction of sp³-hybridized carbons (Fsp3) is 0.364. The summed E-state index contributed by atoms with van der Waals surface area (Å²) in [7, 11) is 1.33. The summed E-state index contributed by atoms with van der Waals surface area (Å²) in [5.41, 5.74) is 4.10. The van der Waals surface area contributed by atoms with Crippen molar-refractivity contribution in [3.8, 4) is 11.5 Å². The molecule has 2 aromatic carbocycles. The summed E-state index contributed by atoms with van der Waals surface area (Å²) in [6.45, 7) is 4.07. The largest absolute Gasteiger partial charge is 0.504 e. The summed E-state index contributed by atoms with van der Waals surface area (Å²) < 4.78 is 12.5. The molecular formula is C33H38N4O6. The summed E-state index contributed by atoms with van der Waals surface area (Å²) in [6.07, 6.45) is 4.61. The van der Waals surface area contributed by atoms with Crippen molar-refractivity contribution >= 4 is 34.3 Å². The van der Waals surface area contributed by atoms with Gasteiger partial charge in [0, 0.05) is 25.1 Å². The van der Waals surface area contributed by atoms with Gasteiger partial charge in [-0.2, -0.15) is 0 Å². The molecule has 1 amide bonds. The zero-order valence-electron chi connectivity index (χ0n) is 24.5. The third-order valence-corrected chi connectivity index (χ3v) is 7.79. The lowest BCUT2D eigenvalue weighted by molar-refractivity contribution is -0.119. The van der Waals surface area contributed by atoms with Crippen molar-refractivity contribution < 1.29 is 29.3 Å². The number of esters is 1. The molecule has 0 radical (unpaired) electrons. The second-order valence-corrected chi connectivity index (χ2v) is 11.1. The number of phenols is 2. The van der Waals surface area contributed by atoms with Gasteiger partial charge in [-0.3, -0.25) is 4.79 Å². The van der Waals surface area contributed by atoms with Crippen molar-refractivity contribution in [1.29, 1.82) is 0 Å². The molecule has 43 heavy (non-hydrogen) atoms. The molecule has 2 aromatic heterocycles. The molecule has 2 unspecified atom stereocenters. The van der Waals surface area contributed by atoms with E-state index in [-0.39, 0.29) is 34.9 Å². The van der Waals surface area contributed by atoms with Gasteiger partial charge in [0.15, 0.2) is 17.2 Å². The van der Waals surface area contributed by atoms with Crippen LogP contribution < -0.4 is 10.6 Å². The average molecular weight is 587 g/mol. The van der Waals surface area contributed by atoms with Gasteiger partial charge in [0.25, 0.3) is 0 Å². The topological polar surface area (TPSA) is 135 Å². The van der Waals surface area contributed by atoms with Gasteiger partial charge in [-0.25, -0.2) is 9.78 Å². The number of aryl methyl sites for hydroxylation is 2. The van der Waals surface area contributed by atoms with Crippen LogP contribution in [0, 0.1) is 11.8 Å². The Hall–Kier alpha value is -4.57. The molecule has 4 N–H and O–H groups in total. The van der Waals surface area contributed by atoms with Gasteiger partial charge in [-0.1, -0.05) is 43.3 Å². The zero-order valence-corrected chi connectivity index (χ0v) is 24.5. The highest BCUT2D eigenvalue weighted by Crippen LogP contribution is 2.34. The molecule has 0 saturated carbocycles. The second kappa shape index (κ2) is 13.6. The molecule has 5 rings (SSSR count). The van der Waals surface area contributed by atoms with Crippen LogP contribution in [0.25, 0.3) is 11.0 Å². The normalized spacial score (nSPS) is 15.3. The number of hydrogen-bond donors (Lipinski definition) is 4. The Morgan fingerprint density at radius 3 is 2.65 bits per heavy atom. The molecule has 226 valence electrons. The van der Waals surface area contributed by atoms with Crippen molar-refractivity contribution in [3.63, 3.8) is 0 Å². The molecule has 1 fully saturated rings. The van der Waals surface area contributed by atoms with Gasteiger partial charge < -0.3 is 34.9 Å². The highest BCUT2D eigenvalue weighted by molar-refractivity contribution is 6.11. The minimum atomic E-state index is -0.545. The molecule has 4 aromatic rings. The zero-order chi connectivity index (χ0) is 30.3. The van der Waals surface area contributed by atoms with Crippen LogP contribution in [0.2, 0.25) is 0 Å². The van der Waals surface area contributed by atoms with Gasteiger partial charge in [0.1, 0.15) is 5.65 Å². The van der Waals surface area contributed by atoms with Crippen LogP contribution in [0.5, 0.6) is 11.5 Å². The van der Waals surface area contributed by atoms with Crippen LogP contribution >= 0.6 is 0 Å². The van der Waals surface area contributed by atoms with Crippen LogP contribution in [0.4, 0.5) is 11.4 Å². The van der Waals surface area contributed by atoms with E-state index in [1.165, 1.54) is 18.7 Å². The van der Waals surface area contributed by atoms with Crippen molar-refractivity contribution in [2.45, 2.75) is 39.2 Å². The van der Waals surface area contributed by atoms with Crippen LogP contribution in [-0.2, 0) is 33.7 Å². The number of rotatable bonds is 12. The number of hydrogen-bond acceptors (Lipinski definition) is 8. The van der Waals surface area contributed by atoms with Crippen molar-refractivity contribution in [1.82, 2.24) is 9.55 Å². The minimum absolute atomic E-state index is 0.138. The number of amides is 1. The summed E-state index contributed by atoms with van der Waals surface area (Å²) in [4.78, 5) is 31.2. The Morgan fingerprint density at radius 1 is 1.12 bits per heavy atom. The molecule has 2 atom stereocenters. The van der Waals surface area contributed by atoms with E-state index in [1.807, 2.05) is 28.8 Å². The minimum Gasteiger partial charge on any atom is -0.504 e. The lowest BCUT2D eigenvalue weighted by Gasteiger charge is -2.14. The van der Waals surface area contributed by atoms with Crippen LogP contribution in [0.3, 0.4) is 0 Å². The Balaban J connectivity index is 1.42. The number of anilines is 2. The standard InChI is InChI=1S/C33H38N4O6/c1-21(15-23-10-11-27(38)28(39)16-23)18-34-25-17-26-29(36-32(40)24-12-14-43-20-24)30(33(41)42-2)37(31(26)35-19-25)13-6-9-22-7-4-3-5-8-22/h3-5,7-8,10-11,16-17,19,21,24,34,38-39H,6,9,12-15,18,20H2,1-2H3,(H,36,40). The first-order valence-electron chi connectivity index (χ1n) is 14.6. The first-order valence-corrected chi connectivity index (χ1v) is 14.6. The number of carbonyl (C=O) groups excluding carboxylic acids is 2. The Bertz CT molecular complexity index is 1580. The van der Waals surface area contributed by atoms with Crippen molar-refractivity contribution in [2.24, 2.45) is 11.8 Å². The summed E-state index contributed by atoms with van der Waals surface area (Å²) in [5.74, 6) is -1.13. The van der Waals surface area contributed by atoms with Crippen molar-refractivity contribution in [2.75, 3.05) is 37.5 Å². The predicted octanol–water partition coefficient (Wildman–Crippen LogP) is 5.13. The second-order valence-electron chi connectivity index (χ2n) is 11.1. The fourth-order valence-corrected chi connectivity index (χ4v) is 5.49. The van der Waals surface area contributed by atoms with Gasteiger partial charge in [0.05, 0.1) is 37.2 Å². The van der Waals surface area contributed by atoms with E-state index in [0.717, 1.165) is 24.1 Å². The van der Waals surface area contributed by atoms with Gasteiger partial charge in [-0.05, 0) is 60.9 Å². The maximum absolute atomic E-state index is 13.2. The maximum atomic E-state index is 13.2. The highest BCUT2D eigenvalue weighted by atomic mass is 16.5. The number of nitrogens with one attached hydrogen (secondary N) is 2. The van der Waals surface area contributed by atoms with E-state index in [1.54, 1.807) is 18.3 Å². The Labute approximate surface area is 250 Å². The van der Waals surface area contributed by atoms with E-state index in [2.05, 4.69) is 29.7 Å².